The van der Waals surface area contributed by atoms with Gasteiger partial charge in [0.15, 0.2) is 0 Å². The third-order valence-electron chi connectivity index (χ3n) is 1.98. The van der Waals surface area contributed by atoms with Gasteiger partial charge in [0.25, 0.3) is 0 Å². The van der Waals surface area contributed by atoms with Crippen LogP contribution in [-0.2, 0) is 4.74 Å². The van der Waals surface area contributed by atoms with Crippen LogP contribution in [0.5, 0.6) is 0 Å². The second kappa shape index (κ2) is 6.44. The highest BCUT2D eigenvalue weighted by Crippen LogP contribution is 2.08. The predicted octanol–water partition coefficient (Wildman–Crippen LogP) is 2.32. The van der Waals surface area contributed by atoms with Gasteiger partial charge in [0.2, 0.25) is 0 Å². The van der Waals surface area contributed by atoms with E-state index >= 15 is 0 Å². The summed E-state index contributed by atoms with van der Waals surface area (Å²) in [5.41, 5.74) is 5.39. The molecule has 0 aromatic carbocycles. The lowest BCUT2D eigenvalue weighted by atomic mass is 10.1. The summed E-state index contributed by atoms with van der Waals surface area (Å²) in [5.74, 6) is 0. The lowest BCUT2D eigenvalue weighted by molar-refractivity contribution is -0.0121. The Labute approximate surface area is 76.5 Å². The SMILES string of the molecule is CCCCCCOC(C)(C)CN. The van der Waals surface area contributed by atoms with E-state index in [1.165, 1.54) is 19.3 Å². The van der Waals surface area contributed by atoms with Crippen LogP contribution in [0, 0.1) is 0 Å². The van der Waals surface area contributed by atoms with Crippen molar-refractivity contribution in [3.8, 4) is 0 Å². The monoisotopic (exact) mass is 173 g/mol. The molecule has 0 unspecified atom stereocenters. The molecule has 0 aromatic rings. The molecule has 0 radical (unpaired) electrons. The van der Waals surface area contributed by atoms with E-state index in [1.54, 1.807) is 0 Å². The zero-order valence-electron chi connectivity index (χ0n) is 8.73. The van der Waals surface area contributed by atoms with Crippen molar-refractivity contribution in [1.29, 1.82) is 0 Å². The number of ether oxygens (including phenoxy) is 1. The number of unbranched alkanes of at least 4 members (excludes halogenated alkanes) is 3. The van der Waals surface area contributed by atoms with Crippen molar-refractivity contribution in [1.82, 2.24) is 0 Å². The molecule has 0 amide bonds. The highest BCUT2D eigenvalue weighted by molar-refractivity contribution is 4.68. The van der Waals surface area contributed by atoms with Gasteiger partial charge in [0, 0.05) is 13.2 Å². The second-order valence-corrected chi connectivity index (χ2v) is 3.87. The van der Waals surface area contributed by atoms with Gasteiger partial charge in [-0.1, -0.05) is 26.2 Å². The molecule has 74 valence electrons. The van der Waals surface area contributed by atoms with E-state index in [4.69, 9.17) is 10.5 Å². The van der Waals surface area contributed by atoms with Crippen molar-refractivity contribution in [3.63, 3.8) is 0 Å². The van der Waals surface area contributed by atoms with E-state index in [2.05, 4.69) is 6.92 Å². The third-order valence-corrected chi connectivity index (χ3v) is 1.98. The Bertz CT molecular complexity index is 102. The molecule has 0 heterocycles. The Morgan fingerprint density at radius 3 is 2.33 bits per heavy atom. The molecule has 0 aliphatic heterocycles. The lowest BCUT2D eigenvalue weighted by Gasteiger charge is -2.23. The van der Waals surface area contributed by atoms with E-state index in [1.807, 2.05) is 13.8 Å². The minimum atomic E-state index is -0.133. The summed E-state index contributed by atoms with van der Waals surface area (Å²) >= 11 is 0. The van der Waals surface area contributed by atoms with Crippen LogP contribution in [0.1, 0.15) is 46.5 Å². The van der Waals surface area contributed by atoms with E-state index in [-0.39, 0.29) is 5.60 Å². The summed E-state index contributed by atoms with van der Waals surface area (Å²) in [7, 11) is 0. The van der Waals surface area contributed by atoms with Crippen molar-refractivity contribution in [2.45, 2.75) is 52.1 Å². The Morgan fingerprint density at radius 2 is 1.83 bits per heavy atom. The Morgan fingerprint density at radius 1 is 1.17 bits per heavy atom. The van der Waals surface area contributed by atoms with E-state index in [9.17, 15) is 0 Å². The maximum atomic E-state index is 5.60. The lowest BCUT2D eigenvalue weighted by Crippen LogP contribution is -2.34. The quantitative estimate of drug-likeness (QED) is 0.600. The Hall–Kier alpha value is -0.0800. The van der Waals surface area contributed by atoms with E-state index < -0.39 is 0 Å². The van der Waals surface area contributed by atoms with Crippen molar-refractivity contribution >= 4 is 0 Å². The van der Waals surface area contributed by atoms with Crippen LogP contribution < -0.4 is 5.73 Å². The molecule has 0 saturated carbocycles. The summed E-state index contributed by atoms with van der Waals surface area (Å²) in [6, 6.07) is 0. The van der Waals surface area contributed by atoms with Gasteiger partial charge in [-0.25, -0.2) is 0 Å². The highest BCUT2D eigenvalue weighted by Gasteiger charge is 2.14. The first-order valence-electron chi connectivity index (χ1n) is 4.96. The fourth-order valence-electron chi connectivity index (χ4n) is 0.936. The standard InChI is InChI=1S/C10H23NO/c1-4-5-6-7-8-12-10(2,3)9-11/h4-9,11H2,1-3H3. The van der Waals surface area contributed by atoms with Crippen molar-refractivity contribution in [2.75, 3.05) is 13.2 Å². The first-order chi connectivity index (χ1) is 5.62. The summed E-state index contributed by atoms with van der Waals surface area (Å²) in [6.45, 7) is 7.73. The van der Waals surface area contributed by atoms with Gasteiger partial charge < -0.3 is 10.5 Å². The van der Waals surface area contributed by atoms with Crippen LogP contribution in [0.15, 0.2) is 0 Å². The molecule has 0 aliphatic carbocycles. The smallest absolute Gasteiger partial charge is 0.0748 e. The maximum Gasteiger partial charge on any atom is 0.0748 e. The molecule has 2 heteroatoms. The van der Waals surface area contributed by atoms with Gasteiger partial charge in [0.1, 0.15) is 0 Å². The number of hydrogen-bond acceptors (Lipinski definition) is 2. The van der Waals surface area contributed by atoms with E-state index in [0.29, 0.717) is 6.54 Å². The van der Waals surface area contributed by atoms with Gasteiger partial charge in [0.05, 0.1) is 5.60 Å². The average Bonchev–Trinajstić information content (AvgIpc) is 2.04. The van der Waals surface area contributed by atoms with Gasteiger partial charge >= 0.3 is 0 Å². The Kier molecular flexibility index (Phi) is 6.39. The van der Waals surface area contributed by atoms with Gasteiger partial charge in [-0.3, -0.25) is 0 Å². The molecule has 12 heavy (non-hydrogen) atoms. The summed E-state index contributed by atoms with van der Waals surface area (Å²) in [5, 5.41) is 0. The molecule has 0 rings (SSSR count). The molecule has 0 bridgehead atoms. The van der Waals surface area contributed by atoms with Gasteiger partial charge in [-0.2, -0.15) is 0 Å². The predicted molar refractivity (Wildman–Crippen MR) is 53.2 cm³/mol. The maximum absolute atomic E-state index is 5.60. The summed E-state index contributed by atoms with van der Waals surface area (Å²) in [4.78, 5) is 0. The summed E-state index contributed by atoms with van der Waals surface area (Å²) in [6.07, 6.45) is 5.03. The number of rotatable bonds is 7. The highest BCUT2D eigenvalue weighted by atomic mass is 16.5. The molecule has 0 aromatic heterocycles. The molecule has 0 aliphatic rings. The molecule has 0 saturated heterocycles. The number of hydrogen-bond donors (Lipinski definition) is 1. The molecule has 0 spiro atoms. The van der Waals surface area contributed by atoms with Crippen LogP contribution in [0.25, 0.3) is 0 Å². The first-order valence-corrected chi connectivity index (χ1v) is 4.96. The van der Waals surface area contributed by atoms with Crippen LogP contribution in [-0.4, -0.2) is 18.8 Å². The molecule has 2 nitrogen and oxygen atoms in total. The topological polar surface area (TPSA) is 35.2 Å². The fraction of sp³-hybridized carbons (Fsp3) is 1.00. The molecule has 0 fully saturated rings. The normalized spacial score (nSPS) is 12.0. The van der Waals surface area contributed by atoms with Crippen LogP contribution in [0.2, 0.25) is 0 Å². The zero-order chi connectivity index (χ0) is 9.45. The van der Waals surface area contributed by atoms with Crippen molar-refractivity contribution < 1.29 is 4.74 Å². The Balaban J connectivity index is 3.19. The fourth-order valence-corrected chi connectivity index (χ4v) is 0.936. The van der Waals surface area contributed by atoms with Gasteiger partial charge in [-0.15, -0.1) is 0 Å². The van der Waals surface area contributed by atoms with E-state index in [0.717, 1.165) is 13.0 Å². The van der Waals surface area contributed by atoms with Crippen LogP contribution in [0.4, 0.5) is 0 Å². The molecule has 2 N–H and O–H groups in total. The largest absolute Gasteiger partial charge is 0.374 e. The minimum absolute atomic E-state index is 0.133. The van der Waals surface area contributed by atoms with Crippen molar-refractivity contribution in [3.05, 3.63) is 0 Å². The van der Waals surface area contributed by atoms with Crippen molar-refractivity contribution in [2.24, 2.45) is 5.73 Å². The molecular weight excluding hydrogens is 150 g/mol. The number of nitrogens with two attached hydrogens (primary N) is 1. The first kappa shape index (κ1) is 11.9. The van der Waals surface area contributed by atoms with Crippen LogP contribution in [0.3, 0.4) is 0 Å². The van der Waals surface area contributed by atoms with Crippen LogP contribution >= 0.6 is 0 Å². The third kappa shape index (κ3) is 6.62. The minimum Gasteiger partial charge on any atom is -0.374 e. The molecule has 0 atom stereocenters. The van der Waals surface area contributed by atoms with Gasteiger partial charge in [-0.05, 0) is 20.3 Å². The summed E-state index contributed by atoms with van der Waals surface area (Å²) < 4.78 is 5.60. The zero-order valence-corrected chi connectivity index (χ0v) is 8.73. The molecular formula is C10H23NO. The second-order valence-electron chi connectivity index (χ2n) is 3.87. The average molecular weight is 173 g/mol.